The molecule has 1 aromatic rings. The highest BCUT2D eigenvalue weighted by atomic mass is 19.1. The number of nitrogens with zero attached hydrogens (tertiary/aromatic N) is 1. The van der Waals surface area contributed by atoms with Gasteiger partial charge in [-0.1, -0.05) is 0 Å². The number of aliphatic hydroxyl groups is 2. The lowest BCUT2D eigenvalue weighted by molar-refractivity contribution is 0.0685. The molecule has 0 aromatic heterocycles. The van der Waals surface area contributed by atoms with Crippen molar-refractivity contribution < 1.29 is 19.4 Å². The molecule has 0 heterocycles. The van der Waals surface area contributed by atoms with Crippen molar-refractivity contribution in [1.29, 1.82) is 0 Å². The fourth-order valence-corrected chi connectivity index (χ4v) is 1.33. The highest BCUT2D eigenvalue weighted by molar-refractivity contribution is 5.94. The molecule has 1 aromatic carbocycles. The Bertz CT molecular complexity index is 334. The van der Waals surface area contributed by atoms with Crippen molar-refractivity contribution >= 4 is 5.91 Å². The molecule has 0 aliphatic carbocycles. The second kappa shape index (κ2) is 6.19. The van der Waals surface area contributed by atoms with Crippen molar-refractivity contribution in [2.24, 2.45) is 0 Å². The smallest absolute Gasteiger partial charge is 0.254 e. The third kappa shape index (κ3) is 3.29. The van der Waals surface area contributed by atoms with E-state index in [0.29, 0.717) is 5.56 Å². The van der Waals surface area contributed by atoms with Crippen molar-refractivity contribution in [3.63, 3.8) is 0 Å². The van der Waals surface area contributed by atoms with Gasteiger partial charge in [-0.2, -0.15) is 0 Å². The maximum absolute atomic E-state index is 12.6. The van der Waals surface area contributed by atoms with E-state index in [1.807, 2.05) is 0 Å². The summed E-state index contributed by atoms with van der Waals surface area (Å²) in [5.74, 6) is -0.740. The number of aliphatic hydroxyl groups excluding tert-OH is 2. The maximum Gasteiger partial charge on any atom is 0.254 e. The summed E-state index contributed by atoms with van der Waals surface area (Å²) in [5.41, 5.74) is 0.336. The van der Waals surface area contributed by atoms with Gasteiger partial charge < -0.3 is 15.1 Å². The predicted octanol–water partition coefficient (Wildman–Crippen LogP) is 0.253. The zero-order valence-electron chi connectivity index (χ0n) is 8.77. The molecule has 1 amide bonds. The maximum atomic E-state index is 12.6. The minimum Gasteiger partial charge on any atom is -0.395 e. The molecule has 4 nitrogen and oxygen atoms in total. The Hall–Kier alpha value is -1.46. The molecule has 0 aliphatic heterocycles. The van der Waals surface area contributed by atoms with Crippen LogP contribution in [0.15, 0.2) is 24.3 Å². The van der Waals surface area contributed by atoms with Crippen LogP contribution in [0.4, 0.5) is 4.39 Å². The average Bonchev–Trinajstić information content (AvgIpc) is 2.29. The van der Waals surface area contributed by atoms with Gasteiger partial charge in [0.2, 0.25) is 0 Å². The van der Waals surface area contributed by atoms with Gasteiger partial charge in [0.15, 0.2) is 0 Å². The third-order valence-corrected chi connectivity index (χ3v) is 2.12. The first-order valence-electron chi connectivity index (χ1n) is 4.95. The van der Waals surface area contributed by atoms with Crippen LogP contribution in [0.2, 0.25) is 0 Å². The number of hydrogen-bond acceptors (Lipinski definition) is 3. The number of carbonyl (C=O) groups excluding carboxylic acids is 1. The van der Waals surface area contributed by atoms with E-state index in [1.54, 1.807) is 0 Å². The van der Waals surface area contributed by atoms with Crippen molar-refractivity contribution in [1.82, 2.24) is 4.90 Å². The van der Waals surface area contributed by atoms with Gasteiger partial charge in [0.1, 0.15) is 5.82 Å². The van der Waals surface area contributed by atoms with Gasteiger partial charge in [-0.3, -0.25) is 4.79 Å². The minimum atomic E-state index is -0.410. The van der Waals surface area contributed by atoms with Gasteiger partial charge in [0.25, 0.3) is 5.91 Å². The zero-order valence-corrected chi connectivity index (χ0v) is 8.77. The van der Waals surface area contributed by atoms with Crippen LogP contribution in [0.1, 0.15) is 10.4 Å². The number of rotatable bonds is 5. The molecule has 16 heavy (non-hydrogen) atoms. The summed E-state index contributed by atoms with van der Waals surface area (Å²) in [7, 11) is 0. The molecular weight excluding hydrogens is 213 g/mol. The molecule has 0 fully saturated rings. The summed E-state index contributed by atoms with van der Waals surface area (Å²) in [5, 5.41) is 17.5. The molecule has 5 heteroatoms. The molecule has 0 atom stereocenters. The van der Waals surface area contributed by atoms with Crippen LogP contribution in [0.3, 0.4) is 0 Å². The van der Waals surface area contributed by atoms with Gasteiger partial charge in [-0.25, -0.2) is 4.39 Å². The molecule has 0 radical (unpaired) electrons. The number of halogens is 1. The number of benzene rings is 1. The Balaban J connectivity index is 2.77. The Morgan fingerprint density at radius 3 is 2.06 bits per heavy atom. The van der Waals surface area contributed by atoms with Gasteiger partial charge in [0, 0.05) is 18.7 Å². The highest BCUT2D eigenvalue weighted by Gasteiger charge is 2.14. The van der Waals surface area contributed by atoms with Crippen molar-refractivity contribution in [3.05, 3.63) is 35.6 Å². The topological polar surface area (TPSA) is 60.8 Å². The fourth-order valence-electron chi connectivity index (χ4n) is 1.33. The first-order chi connectivity index (χ1) is 7.69. The normalized spacial score (nSPS) is 10.2. The van der Waals surface area contributed by atoms with Crippen molar-refractivity contribution in [2.45, 2.75) is 0 Å². The summed E-state index contributed by atoms with van der Waals surface area (Å²) in [4.78, 5) is 13.1. The van der Waals surface area contributed by atoms with Gasteiger partial charge in [-0.05, 0) is 24.3 Å². The summed E-state index contributed by atoms with van der Waals surface area (Å²) in [6.07, 6.45) is 0. The molecule has 0 aliphatic rings. The predicted molar refractivity (Wildman–Crippen MR) is 56.5 cm³/mol. The molecule has 0 saturated carbocycles. The Labute approximate surface area is 92.9 Å². The second-order valence-corrected chi connectivity index (χ2v) is 3.25. The molecule has 1 rings (SSSR count). The van der Waals surface area contributed by atoms with Crippen LogP contribution in [0.5, 0.6) is 0 Å². The molecule has 0 unspecified atom stereocenters. The molecule has 88 valence electrons. The molecular formula is C11H14FNO3. The standard InChI is InChI=1S/C11H14FNO3/c12-10-3-1-9(2-4-10)11(16)13(5-7-14)6-8-15/h1-4,14-15H,5-8H2. The van der Waals surface area contributed by atoms with Crippen LogP contribution < -0.4 is 0 Å². The Kier molecular flexibility index (Phi) is 4.88. The summed E-state index contributed by atoms with van der Waals surface area (Å²) in [6, 6.07) is 5.14. The average molecular weight is 227 g/mol. The summed E-state index contributed by atoms with van der Waals surface area (Å²) < 4.78 is 12.6. The quantitative estimate of drug-likeness (QED) is 0.758. The van der Waals surface area contributed by atoms with Crippen LogP contribution in [0.25, 0.3) is 0 Å². The van der Waals surface area contributed by atoms with Crippen LogP contribution in [0, 0.1) is 5.82 Å². The van der Waals surface area contributed by atoms with E-state index < -0.39 is 5.82 Å². The third-order valence-electron chi connectivity index (χ3n) is 2.12. The van der Waals surface area contributed by atoms with E-state index in [2.05, 4.69) is 0 Å². The molecule has 0 saturated heterocycles. The molecule has 0 bridgehead atoms. The van der Waals surface area contributed by atoms with E-state index in [0.717, 1.165) is 0 Å². The first kappa shape index (κ1) is 12.6. The van der Waals surface area contributed by atoms with Gasteiger partial charge >= 0.3 is 0 Å². The van der Waals surface area contributed by atoms with E-state index >= 15 is 0 Å². The second-order valence-electron chi connectivity index (χ2n) is 3.25. The lowest BCUT2D eigenvalue weighted by Gasteiger charge is -2.20. The lowest BCUT2D eigenvalue weighted by atomic mass is 10.2. The van der Waals surface area contributed by atoms with Crippen LogP contribution >= 0.6 is 0 Å². The summed E-state index contributed by atoms with van der Waals surface area (Å²) >= 11 is 0. The minimum absolute atomic E-state index is 0.150. The highest BCUT2D eigenvalue weighted by Crippen LogP contribution is 2.06. The number of hydrogen-bond donors (Lipinski definition) is 2. The van der Waals surface area contributed by atoms with Crippen LogP contribution in [-0.2, 0) is 0 Å². The summed E-state index contributed by atoms with van der Waals surface area (Å²) in [6.45, 7) is -0.0482. The van der Waals surface area contributed by atoms with Crippen molar-refractivity contribution in [3.8, 4) is 0 Å². The fraction of sp³-hybridized carbons (Fsp3) is 0.364. The van der Waals surface area contributed by atoms with E-state index in [9.17, 15) is 9.18 Å². The lowest BCUT2D eigenvalue weighted by Crippen LogP contribution is -2.35. The molecule has 2 N–H and O–H groups in total. The monoisotopic (exact) mass is 227 g/mol. The molecule has 0 spiro atoms. The van der Waals surface area contributed by atoms with E-state index in [1.165, 1.54) is 29.2 Å². The van der Waals surface area contributed by atoms with E-state index in [4.69, 9.17) is 10.2 Å². The zero-order chi connectivity index (χ0) is 12.0. The number of amides is 1. The Morgan fingerprint density at radius 1 is 1.12 bits per heavy atom. The number of carbonyl (C=O) groups is 1. The van der Waals surface area contributed by atoms with Crippen LogP contribution in [-0.4, -0.2) is 47.3 Å². The van der Waals surface area contributed by atoms with E-state index in [-0.39, 0.29) is 32.2 Å². The first-order valence-corrected chi connectivity index (χ1v) is 4.95. The largest absolute Gasteiger partial charge is 0.395 e. The van der Waals surface area contributed by atoms with Gasteiger partial charge in [0.05, 0.1) is 13.2 Å². The van der Waals surface area contributed by atoms with Gasteiger partial charge in [-0.15, -0.1) is 0 Å². The van der Waals surface area contributed by atoms with Crippen molar-refractivity contribution in [2.75, 3.05) is 26.3 Å². The Morgan fingerprint density at radius 2 is 1.62 bits per heavy atom. The SMILES string of the molecule is O=C(c1ccc(F)cc1)N(CCO)CCO.